The van der Waals surface area contributed by atoms with E-state index in [2.05, 4.69) is 15.4 Å². The fourth-order valence-corrected chi connectivity index (χ4v) is 2.84. The number of rotatable bonds is 3. The van der Waals surface area contributed by atoms with Gasteiger partial charge in [-0.1, -0.05) is 23.7 Å². The van der Waals surface area contributed by atoms with Crippen LogP contribution in [0.1, 0.15) is 22.9 Å². The smallest absolute Gasteiger partial charge is 0.293 e. The highest BCUT2D eigenvalue weighted by Gasteiger charge is 2.27. The molecule has 1 atom stereocenters. The fraction of sp³-hybridized carbons (Fsp3) is 0.400. The number of nitrogens with zero attached hydrogens (tertiary/aromatic N) is 4. The maximum Gasteiger partial charge on any atom is 0.293 e. The molecular weight excluding hydrogens is 302 g/mol. The number of halogens is 1. The number of amides is 1. The highest BCUT2D eigenvalue weighted by Crippen LogP contribution is 2.20. The molecule has 2 aromatic rings. The van der Waals surface area contributed by atoms with E-state index in [1.165, 1.54) is 0 Å². The molecule has 1 saturated heterocycles. The molecule has 7 heteroatoms. The van der Waals surface area contributed by atoms with Crippen LogP contribution in [0.5, 0.6) is 0 Å². The van der Waals surface area contributed by atoms with Gasteiger partial charge >= 0.3 is 0 Å². The van der Waals surface area contributed by atoms with Gasteiger partial charge in [0.1, 0.15) is 5.82 Å². The van der Waals surface area contributed by atoms with E-state index in [-0.39, 0.29) is 17.8 Å². The van der Waals surface area contributed by atoms with Crippen molar-refractivity contribution in [1.82, 2.24) is 25.0 Å². The van der Waals surface area contributed by atoms with Crippen molar-refractivity contribution in [1.29, 1.82) is 0 Å². The summed E-state index contributed by atoms with van der Waals surface area (Å²) in [5, 5.41) is 8.17. The number of para-hydroxylation sites is 1. The van der Waals surface area contributed by atoms with Crippen LogP contribution in [0.4, 0.5) is 0 Å². The van der Waals surface area contributed by atoms with E-state index >= 15 is 0 Å². The average Bonchev–Trinajstić information content (AvgIpc) is 3.16. The molecule has 1 N–H and O–H groups in total. The number of carbonyl (C=O) groups is 1. The van der Waals surface area contributed by atoms with Crippen molar-refractivity contribution in [3.8, 4) is 5.69 Å². The van der Waals surface area contributed by atoms with Crippen LogP contribution in [0, 0.1) is 6.92 Å². The van der Waals surface area contributed by atoms with Crippen molar-refractivity contribution >= 4 is 17.5 Å². The maximum atomic E-state index is 12.5. The molecule has 0 bridgehead atoms. The highest BCUT2D eigenvalue weighted by molar-refractivity contribution is 6.32. The summed E-state index contributed by atoms with van der Waals surface area (Å²) in [4.78, 5) is 18.6. The molecule has 0 aliphatic carbocycles. The van der Waals surface area contributed by atoms with Crippen LogP contribution in [0.2, 0.25) is 5.02 Å². The molecule has 1 unspecified atom stereocenters. The second-order valence-electron chi connectivity index (χ2n) is 5.41. The number of hydrogen-bond donors (Lipinski definition) is 1. The monoisotopic (exact) mass is 319 g/mol. The summed E-state index contributed by atoms with van der Waals surface area (Å²) in [6.07, 6.45) is 0.951. The molecule has 0 spiro atoms. The lowest BCUT2D eigenvalue weighted by Gasteiger charge is -2.22. The Labute approximate surface area is 134 Å². The normalized spacial score (nSPS) is 17.7. The zero-order valence-corrected chi connectivity index (χ0v) is 13.3. The zero-order chi connectivity index (χ0) is 15.7. The van der Waals surface area contributed by atoms with E-state index in [1.54, 1.807) is 22.7 Å². The second-order valence-corrected chi connectivity index (χ2v) is 5.82. The van der Waals surface area contributed by atoms with Gasteiger partial charge in [0, 0.05) is 19.6 Å². The predicted molar refractivity (Wildman–Crippen MR) is 84.5 cm³/mol. The highest BCUT2D eigenvalue weighted by atomic mass is 35.5. The maximum absolute atomic E-state index is 12.5. The topological polar surface area (TPSA) is 63.1 Å². The van der Waals surface area contributed by atoms with E-state index in [0.717, 1.165) is 25.2 Å². The van der Waals surface area contributed by atoms with Gasteiger partial charge in [0.15, 0.2) is 0 Å². The zero-order valence-electron chi connectivity index (χ0n) is 12.6. The minimum absolute atomic E-state index is 0.164. The number of aryl methyl sites for hydroxylation is 1. The first-order chi connectivity index (χ1) is 10.6. The molecule has 1 aliphatic rings. The van der Waals surface area contributed by atoms with E-state index < -0.39 is 0 Å². The molecule has 116 valence electrons. The van der Waals surface area contributed by atoms with Gasteiger partial charge in [-0.2, -0.15) is 0 Å². The average molecular weight is 320 g/mol. The van der Waals surface area contributed by atoms with Crippen molar-refractivity contribution in [2.45, 2.75) is 19.4 Å². The Bertz CT molecular complexity index is 693. The number of hydrogen-bond acceptors (Lipinski definition) is 4. The summed E-state index contributed by atoms with van der Waals surface area (Å²) in [7, 11) is 1.80. The van der Waals surface area contributed by atoms with Crippen LogP contribution in [0.25, 0.3) is 5.69 Å². The Balaban J connectivity index is 1.89. The molecule has 1 aliphatic heterocycles. The molecule has 6 nitrogen and oxygen atoms in total. The van der Waals surface area contributed by atoms with Crippen molar-refractivity contribution in [2.24, 2.45) is 0 Å². The van der Waals surface area contributed by atoms with Crippen LogP contribution in [-0.4, -0.2) is 51.8 Å². The number of aromatic nitrogens is 3. The van der Waals surface area contributed by atoms with Gasteiger partial charge in [-0.15, -0.1) is 5.10 Å². The number of nitrogens with one attached hydrogen (secondary N) is 1. The molecule has 1 aromatic heterocycles. The lowest BCUT2D eigenvalue weighted by atomic mass is 10.2. The first kappa shape index (κ1) is 15.0. The number of carbonyl (C=O) groups excluding carboxylic acids is 1. The summed E-state index contributed by atoms with van der Waals surface area (Å²) >= 11 is 6.19. The first-order valence-electron chi connectivity index (χ1n) is 7.24. The SMILES string of the molecule is Cc1nc(C(=O)N(C)C2CCNC2)nn1-c1ccccc1Cl. The third-order valence-electron chi connectivity index (χ3n) is 3.94. The standard InChI is InChI=1S/C15H18ClN5O/c1-10-18-14(15(22)20(2)11-7-8-17-9-11)19-21(10)13-6-4-3-5-12(13)16/h3-6,11,17H,7-9H2,1-2H3. The Morgan fingerprint density at radius 2 is 2.23 bits per heavy atom. The predicted octanol–water partition coefficient (Wildman–Crippen LogP) is 1.66. The van der Waals surface area contributed by atoms with Crippen molar-refractivity contribution in [2.75, 3.05) is 20.1 Å². The molecule has 1 amide bonds. The minimum atomic E-state index is -0.164. The first-order valence-corrected chi connectivity index (χ1v) is 7.62. The van der Waals surface area contributed by atoms with Gasteiger partial charge in [-0.3, -0.25) is 4.79 Å². The summed E-state index contributed by atoms with van der Waals surface area (Å²) < 4.78 is 1.61. The largest absolute Gasteiger partial charge is 0.335 e. The van der Waals surface area contributed by atoms with Gasteiger partial charge in [0.05, 0.1) is 10.7 Å². The molecule has 3 rings (SSSR count). The van der Waals surface area contributed by atoms with E-state index in [0.29, 0.717) is 10.8 Å². The van der Waals surface area contributed by atoms with Crippen molar-refractivity contribution in [3.63, 3.8) is 0 Å². The molecule has 1 fully saturated rings. The van der Waals surface area contributed by atoms with Gasteiger partial charge in [0.2, 0.25) is 5.82 Å². The number of likely N-dealkylation sites (N-methyl/N-ethyl adjacent to an activating group) is 1. The van der Waals surface area contributed by atoms with Gasteiger partial charge < -0.3 is 10.2 Å². The molecule has 2 heterocycles. The molecular formula is C15H18ClN5O. The Hall–Kier alpha value is -1.92. The third kappa shape index (κ3) is 2.71. The van der Waals surface area contributed by atoms with Crippen molar-refractivity contribution < 1.29 is 4.79 Å². The number of benzene rings is 1. The fourth-order valence-electron chi connectivity index (χ4n) is 2.63. The van der Waals surface area contributed by atoms with Crippen LogP contribution in [-0.2, 0) is 0 Å². The van der Waals surface area contributed by atoms with Crippen LogP contribution >= 0.6 is 11.6 Å². The van der Waals surface area contributed by atoms with Gasteiger partial charge in [-0.25, -0.2) is 9.67 Å². The Morgan fingerprint density at radius 1 is 1.45 bits per heavy atom. The molecule has 22 heavy (non-hydrogen) atoms. The van der Waals surface area contributed by atoms with Gasteiger partial charge in [0.25, 0.3) is 5.91 Å². The molecule has 0 radical (unpaired) electrons. The molecule has 1 aromatic carbocycles. The van der Waals surface area contributed by atoms with E-state index in [9.17, 15) is 4.79 Å². The van der Waals surface area contributed by atoms with Crippen molar-refractivity contribution in [3.05, 3.63) is 40.9 Å². The van der Waals surface area contributed by atoms with Crippen LogP contribution < -0.4 is 5.32 Å². The second kappa shape index (κ2) is 6.06. The quantitative estimate of drug-likeness (QED) is 0.934. The lowest BCUT2D eigenvalue weighted by Crippen LogP contribution is -2.38. The summed E-state index contributed by atoms with van der Waals surface area (Å²) in [6.45, 7) is 3.56. The Kier molecular flexibility index (Phi) is 4.13. The summed E-state index contributed by atoms with van der Waals surface area (Å²) in [5.41, 5.74) is 0.721. The Morgan fingerprint density at radius 3 is 2.91 bits per heavy atom. The van der Waals surface area contributed by atoms with Gasteiger partial charge in [-0.05, 0) is 32.0 Å². The van der Waals surface area contributed by atoms with Crippen LogP contribution in [0.15, 0.2) is 24.3 Å². The third-order valence-corrected chi connectivity index (χ3v) is 4.26. The van der Waals surface area contributed by atoms with E-state index in [4.69, 9.17) is 11.6 Å². The summed E-state index contributed by atoms with van der Waals surface area (Å²) in [6, 6.07) is 7.56. The molecule has 0 saturated carbocycles. The lowest BCUT2D eigenvalue weighted by molar-refractivity contribution is 0.0731. The van der Waals surface area contributed by atoms with Crippen LogP contribution in [0.3, 0.4) is 0 Å². The minimum Gasteiger partial charge on any atom is -0.335 e. The summed E-state index contributed by atoms with van der Waals surface area (Å²) in [5.74, 6) is 0.670. The van der Waals surface area contributed by atoms with E-state index in [1.807, 2.05) is 25.1 Å².